The average Bonchev–Trinajstić information content (AvgIpc) is 3.32. The number of carbonyl (C=O) groups excluding carboxylic acids is 1. The number of halogens is 1. The highest BCUT2D eigenvalue weighted by molar-refractivity contribution is 14.0. The van der Waals surface area contributed by atoms with Crippen LogP contribution < -0.4 is 16.4 Å². The molecule has 176 valence electrons. The number of amides is 1. The van der Waals surface area contributed by atoms with E-state index in [0.29, 0.717) is 0 Å². The summed E-state index contributed by atoms with van der Waals surface area (Å²) in [6.07, 6.45) is 10.6. The van der Waals surface area contributed by atoms with E-state index in [9.17, 15) is 4.79 Å². The van der Waals surface area contributed by atoms with E-state index in [2.05, 4.69) is 38.0 Å². The molecule has 0 spiro atoms. The molecule has 1 aromatic rings. The first-order valence-electron chi connectivity index (χ1n) is 11.6. The van der Waals surface area contributed by atoms with Crippen molar-refractivity contribution in [2.75, 3.05) is 39.8 Å². The Hall–Kier alpha value is -0.870. The minimum Gasteiger partial charge on any atom is -0.369 e. The Bertz CT molecular complexity index is 668. The molecule has 3 rings (SSSR count). The van der Waals surface area contributed by atoms with Crippen molar-refractivity contribution in [2.24, 2.45) is 16.6 Å². The molecule has 1 saturated carbocycles. The van der Waals surface area contributed by atoms with Crippen LogP contribution in [-0.4, -0.2) is 56.5 Å². The first-order chi connectivity index (χ1) is 14.6. The molecule has 1 aliphatic heterocycles. The van der Waals surface area contributed by atoms with E-state index < -0.39 is 0 Å². The number of hydrogen-bond acceptors (Lipinski definition) is 4. The highest BCUT2D eigenvalue weighted by atomic mass is 127. The van der Waals surface area contributed by atoms with Gasteiger partial charge in [0.15, 0.2) is 5.96 Å². The highest BCUT2D eigenvalue weighted by Gasteiger charge is 2.34. The molecule has 31 heavy (non-hydrogen) atoms. The number of aliphatic imine (C=N–C) groups is 1. The van der Waals surface area contributed by atoms with Gasteiger partial charge in [0.25, 0.3) is 0 Å². The van der Waals surface area contributed by atoms with Gasteiger partial charge in [0.2, 0.25) is 5.91 Å². The SMILES string of the molecule is CN=C(NCCCCN1CCC(C(N)=O)CC1)NCC1(c2cccs2)CCCCC1.I. The van der Waals surface area contributed by atoms with Gasteiger partial charge in [-0.1, -0.05) is 25.3 Å². The number of likely N-dealkylation sites (tertiary alicyclic amines) is 1. The summed E-state index contributed by atoms with van der Waals surface area (Å²) in [5, 5.41) is 9.31. The monoisotopic (exact) mass is 561 g/mol. The van der Waals surface area contributed by atoms with E-state index in [4.69, 9.17) is 5.73 Å². The molecule has 8 heteroatoms. The highest BCUT2D eigenvalue weighted by Crippen LogP contribution is 2.41. The van der Waals surface area contributed by atoms with Crippen LogP contribution in [0.2, 0.25) is 0 Å². The number of carbonyl (C=O) groups is 1. The van der Waals surface area contributed by atoms with Crippen LogP contribution in [0.3, 0.4) is 0 Å². The first kappa shape index (κ1) is 26.4. The van der Waals surface area contributed by atoms with Gasteiger partial charge < -0.3 is 21.3 Å². The molecule has 6 nitrogen and oxygen atoms in total. The number of rotatable bonds is 9. The van der Waals surface area contributed by atoms with Crippen molar-refractivity contribution in [3.05, 3.63) is 22.4 Å². The predicted octanol–water partition coefficient (Wildman–Crippen LogP) is 3.71. The minimum absolute atomic E-state index is 0. The smallest absolute Gasteiger partial charge is 0.220 e. The Morgan fingerprint density at radius 3 is 2.58 bits per heavy atom. The Labute approximate surface area is 208 Å². The maximum absolute atomic E-state index is 11.3. The van der Waals surface area contributed by atoms with Crippen molar-refractivity contribution in [2.45, 2.75) is 63.2 Å². The van der Waals surface area contributed by atoms with Crippen LogP contribution in [0.4, 0.5) is 0 Å². The molecule has 0 atom stereocenters. The van der Waals surface area contributed by atoms with Crippen molar-refractivity contribution in [1.82, 2.24) is 15.5 Å². The Morgan fingerprint density at radius 1 is 1.23 bits per heavy atom. The second kappa shape index (κ2) is 13.6. The largest absolute Gasteiger partial charge is 0.369 e. The van der Waals surface area contributed by atoms with E-state index in [1.165, 1.54) is 37.0 Å². The number of hydrogen-bond donors (Lipinski definition) is 3. The lowest BCUT2D eigenvalue weighted by Gasteiger charge is -2.37. The lowest BCUT2D eigenvalue weighted by atomic mass is 9.73. The van der Waals surface area contributed by atoms with Crippen LogP contribution in [-0.2, 0) is 10.2 Å². The minimum atomic E-state index is -0.133. The van der Waals surface area contributed by atoms with Crippen molar-refractivity contribution < 1.29 is 4.79 Å². The summed E-state index contributed by atoms with van der Waals surface area (Å²) in [7, 11) is 1.86. The molecular formula is C23H40IN5OS. The fourth-order valence-corrected chi connectivity index (χ4v) is 5.89. The van der Waals surface area contributed by atoms with Gasteiger partial charge in [0, 0.05) is 36.3 Å². The lowest BCUT2D eigenvalue weighted by Crippen LogP contribution is -2.46. The van der Waals surface area contributed by atoms with Crippen LogP contribution in [0.15, 0.2) is 22.5 Å². The van der Waals surface area contributed by atoms with Crippen LogP contribution in [0.5, 0.6) is 0 Å². The zero-order chi connectivity index (χ0) is 21.2. The summed E-state index contributed by atoms with van der Waals surface area (Å²) < 4.78 is 0. The van der Waals surface area contributed by atoms with E-state index in [0.717, 1.165) is 64.4 Å². The number of nitrogens with two attached hydrogens (primary N) is 1. The van der Waals surface area contributed by atoms with Gasteiger partial charge in [-0.25, -0.2) is 0 Å². The molecule has 1 saturated heterocycles. The van der Waals surface area contributed by atoms with Gasteiger partial charge in [-0.2, -0.15) is 0 Å². The third kappa shape index (κ3) is 7.89. The van der Waals surface area contributed by atoms with Crippen molar-refractivity contribution in [3.63, 3.8) is 0 Å². The number of thiophene rings is 1. The molecule has 0 radical (unpaired) electrons. The number of nitrogens with zero attached hydrogens (tertiary/aromatic N) is 2. The Kier molecular flexibility index (Phi) is 11.6. The fourth-order valence-electron chi connectivity index (χ4n) is 4.90. The zero-order valence-electron chi connectivity index (χ0n) is 18.9. The van der Waals surface area contributed by atoms with Crippen LogP contribution in [0, 0.1) is 5.92 Å². The predicted molar refractivity (Wildman–Crippen MR) is 141 cm³/mol. The Morgan fingerprint density at radius 2 is 1.97 bits per heavy atom. The summed E-state index contributed by atoms with van der Waals surface area (Å²) in [4.78, 5) is 19.7. The normalized spacial score (nSPS) is 20.1. The zero-order valence-corrected chi connectivity index (χ0v) is 22.1. The molecule has 1 aliphatic carbocycles. The van der Waals surface area contributed by atoms with E-state index in [1.54, 1.807) is 0 Å². The molecule has 0 unspecified atom stereocenters. The van der Waals surface area contributed by atoms with Crippen LogP contribution in [0.25, 0.3) is 0 Å². The third-order valence-electron chi connectivity index (χ3n) is 6.86. The molecule has 1 amide bonds. The van der Waals surface area contributed by atoms with E-state index in [-0.39, 0.29) is 41.2 Å². The average molecular weight is 562 g/mol. The molecule has 4 N–H and O–H groups in total. The number of nitrogens with one attached hydrogen (secondary N) is 2. The Balaban J connectivity index is 0.00000341. The quantitative estimate of drug-likeness (QED) is 0.186. The molecule has 0 bridgehead atoms. The van der Waals surface area contributed by atoms with Gasteiger partial charge in [0.05, 0.1) is 0 Å². The van der Waals surface area contributed by atoms with Gasteiger partial charge in [-0.3, -0.25) is 9.79 Å². The second-order valence-corrected chi connectivity index (χ2v) is 9.84. The van der Waals surface area contributed by atoms with Gasteiger partial charge >= 0.3 is 0 Å². The molecule has 2 fully saturated rings. The van der Waals surface area contributed by atoms with Crippen LogP contribution >= 0.6 is 35.3 Å². The van der Waals surface area contributed by atoms with Crippen molar-refractivity contribution >= 4 is 47.2 Å². The molecule has 2 aliphatic rings. The fraction of sp³-hybridized carbons (Fsp3) is 0.739. The van der Waals surface area contributed by atoms with Crippen molar-refractivity contribution in [3.8, 4) is 0 Å². The summed E-state index contributed by atoms with van der Waals surface area (Å²) >= 11 is 1.90. The third-order valence-corrected chi connectivity index (χ3v) is 7.97. The maximum atomic E-state index is 11.3. The topological polar surface area (TPSA) is 82.8 Å². The molecular weight excluding hydrogens is 521 g/mol. The van der Waals surface area contributed by atoms with E-state index >= 15 is 0 Å². The van der Waals surface area contributed by atoms with Gasteiger partial charge in [-0.05, 0) is 69.6 Å². The number of piperidine rings is 1. The van der Waals surface area contributed by atoms with Crippen LogP contribution in [0.1, 0.15) is 62.7 Å². The van der Waals surface area contributed by atoms with E-state index in [1.807, 2.05) is 18.4 Å². The standard InChI is InChI=1S/C23H39N5OS.HI/c1-25-22(26-13-5-6-14-28-15-9-19(10-16-28)21(24)29)27-18-23(11-3-2-4-12-23)20-8-7-17-30-20;/h7-8,17,19H,2-6,9-16,18H2,1H3,(H2,24,29)(H2,25,26,27);1H. The number of guanidine groups is 1. The second-order valence-electron chi connectivity index (χ2n) is 8.90. The number of primary amides is 1. The van der Waals surface area contributed by atoms with Crippen molar-refractivity contribution in [1.29, 1.82) is 0 Å². The molecule has 1 aromatic heterocycles. The summed E-state index contributed by atoms with van der Waals surface area (Å²) in [6, 6.07) is 4.49. The van der Waals surface area contributed by atoms with Gasteiger partial charge in [-0.15, -0.1) is 35.3 Å². The summed E-state index contributed by atoms with van der Waals surface area (Å²) in [5.41, 5.74) is 5.68. The lowest BCUT2D eigenvalue weighted by molar-refractivity contribution is -0.123. The molecule has 2 heterocycles. The maximum Gasteiger partial charge on any atom is 0.220 e. The summed E-state index contributed by atoms with van der Waals surface area (Å²) in [6.45, 7) is 4.98. The first-order valence-corrected chi connectivity index (χ1v) is 12.5. The molecule has 0 aromatic carbocycles. The number of unbranched alkanes of at least 4 members (excludes halogenated alkanes) is 1. The van der Waals surface area contributed by atoms with Gasteiger partial charge in [0.1, 0.15) is 0 Å². The summed E-state index contributed by atoms with van der Waals surface area (Å²) in [5.74, 6) is 0.865.